The topological polar surface area (TPSA) is 78.1 Å². The molecule has 5 nitrogen and oxygen atoms in total. The Bertz CT molecular complexity index is 956. The smallest absolute Gasteiger partial charge is 0.340 e. The number of esters is 1. The number of hydrogen-bond acceptors (Lipinski definition) is 5. The first-order valence-corrected chi connectivity index (χ1v) is 8.13. The SMILES string of the molecule is CCc1nccc(-c2ccc(C(=O)OC)c(F)c2)c1-c1ccc(N)nc1. The van der Waals surface area contributed by atoms with E-state index in [9.17, 15) is 9.18 Å². The second-order valence-electron chi connectivity index (χ2n) is 5.69. The van der Waals surface area contributed by atoms with Crippen LogP contribution in [0, 0.1) is 5.82 Å². The number of carbonyl (C=O) groups is 1. The fourth-order valence-corrected chi connectivity index (χ4v) is 2.85. The summed E-state index contributed by atoms with van der Waals surface area (Å²) in [6, 6.07) is 9.84. The molecule has 0 amide bonds. The van der Waals surface area contributed by atoms with Crippen molar-refractivity contribution in [2.75, 3.05) is 12.8 Å². The average molecular weight is 351 g/mol. The summed E-state index contributed by atoms with van der Waals surface area (Å²) in [4.78, 5) is 20.2. The summed E-state index contributed by atoms with van der Waals surface area (Å²) in [6.45, 7) is 2.00. The van der Waals surface area contributed by atoms with Crippen LogP contribution < -0.4 is 5.73 Å². The minimum atomic E-state index is -0.707. The zero-order valence-electron chi connectivity index (χ0n) is 14.5. The molecule has 0 atom stereocenters. The van der Waals surface area contributed by atoms with Crippen molar-refractivity contribution in [1.29, 1.82) is 0 Å². The molecule has 0 fully saturated rings. The molecule has 2 heterocycles. The van der Waals surface area contributed by atoms with Gasteiger partial charge in [-0.25, -0.2) is 14.2 Å². The molecule has 0 saturated carbocycles. The Hall–Kier alpha value is -3.28. The Labute approximate surface area is 150 Å². The molecule has 6 heteroatoms. The Morgan fingerprint density at radius 3 is 2.54 bits per heavy atom. The Kier molecular flexibility index (Phi) is 4.93. The zero-order chi connectivity index (χ0) is 18.7. The van der Waals surface area contributed by atoms with Crippen LogP contribution in [0.3, 0.4) is 0 Å². The summed E-state index contributed by atoms with van der Waals surface area (Å²) in [5.41, 5.74) is 9.60. The second kappa shape index (κ2) is 7.31. The first-order valence-electron chi connectivity index (χ1n) is 8.13. The molecule has 0 unspecified atom stereocenters. The molecule has 0 bridgehead atoms. The van der Waals surface area contributed by atoms with Gasteiger partial charge in [0.2, 0.25) is 0 Å². The fourth-order valence-electron chi connectivity index (χ4n) is 2.85. The van der Waals surface area contributed by atoms with Gasteiger partial charge in [-0.05, 0) is 47.9 Å². The fraction of sp³-hybridized carbons (Fsp3) is 0.150. The average Bonchev–Trinajstić information content (AvgIpc) is 2.67. The number of carbonyl (C=O) groups excluding carboxylic acids is 1. The van der Waals surface area contributed by atoms with Gasteiger partial charge in [0.15, 0.2) is 0 Å². The summed E-state index contributed by atoms with van der Waals surface area (Å²) in [5.74, 6) is -0.919. The maximum atomic E-state index is 14.4. The quantitative estimate of drug-likeness (QED) is 0.722. The van der Waals surface area contributed by atoms with Crippen molar-refractivity contribution in [3.05, 3.63) is 65.9 Å². The van der Waals surface area contributed by atoms with Crippen LogP contribution in [0.4, 0.5) is 10.2 Å². The predicted molar refractivity (Wildman–Crippen MR) is 98.0 cm³/mol. The summed E-state index contributed by atoms with van der Waals surface area (Å²) < 4.78 is 19.0. The van der Waals surface area contributed by atoms with E-state index in [0.29, 0.717) is 17.8 Å². The number of rotatable bonds is 4. The number of ether oxygens (including phenoxy) is 1. The Balaban J connectivity index is 2.18. The van der Waals surface area contributed by atoms with Crippen LogP contribution >= 0.6 is 0 Å². The molecule has 0 radical (unpaired) electrons. The molecule has 3 aromatic rings. The summed E-state index contributed by atoms with van der Waals surface area (Å²) in [6.07, 6.45) is 4.07. The van der Waals surface area contributed by atoms with Gasteiger partial charge in [0.05, 0.1) is 12.7 Å². The Morgan fingerprint density at radius 2 is 1.92 bits per heavy atom. The number of nitrogens with zero attached hydrogens (tertiary/aromatic N) is 2. The molecule has 1 aromatic carbocycles. The van der Waals surface area contributed by atoms with Gasteiger partial charge in [-0.1, -0.05) is 13.0 Å². The zero-order valence-corrected chi connectivity index (χ0v) is 14.5. The predicted octanol–water partition coefficient (Wildman–Crippen LogP) is 3.88. The third-order valence-electron chi connectivity index (χ3n) is 4.12. The number of halogens is 1. The van der Waals surface area contributed by atoms with Crippen LogP contribution in [0.5, 0.6) is 0 Å². The molecule has 2 N–H and O–H groups in total. The lowest BCUT2D eigenvalue weighted by atomic mass is 9.93. The number of pyridine rings is 2. The van der Waals surface area contributed by atoms with E-state index >= 15 is 0 Å². The molecule has 3 rings (SSSR count). The highest BCUT2D eigenvalue weighted by Crippen LogP contribution is 2.35. The van der Waals surface area contributed by atoms with E-state index < -0.39 is 11.8 Å². The first-order chi connectivity index (χ1) is 12.5. The van der Waals surface area contributed by atoms with Crippen molar-refractivity contribution in [1.82, 2.24) is 9.97 Å². The van der Waals surface area contributed by atoms with Gasteiger partial charge in [0.25, 0.3) is 0 Å². The third kappa shape index (κ3) is 3.26. The molecule has 26 heavy (non-hydrogen) atoms. The monoisotopic (exact) mass is 351 g/mol. The van der Waals surface area contributed by atoms with Gasteiger partial charge in [-0.15, -0.1) is 0 Å². The molecular weight excluding hydrogens is 333 g/mol. The van der Waals surface area contributed by atoms with Crippen LogP contribution in [0.2, 0.25) is 0 Å². The van der Waals surface area contributed by atoms with Crippen LogP contribution in [0.1, 0.15) is 23.0 Å². The van der Waals surface area contributed by atoms with Crippen LogP contribution in [0.15, 0.2) is 48.8 Å². The van der Waals surface area contributed by atoms with Gasteiger partial charge in [-0.3, -0.25) is 4.98 Å². The van der Waals surface area contributed by atoms with E-state index in [2.05, 4.69) is 14.7 Å². The largest absolute Gasteiger partial charge is 0.465 e. The highest BCUT2D eigenvalue weighted by atomic mass is 19.1. The lowest BCUT2D eigenvalue weighted by Gasteiger charge is -2.14. The molecule has 0 aliphatic rings. The minimum Gasteiger partial charge on any atom is -0.465 e. The van der Waals surface area contributed by atoms with Crippen molar-refractivity contribution in [3.8, 4) is 22.3 Å². The lowest BCUT2D eigenvalue weighted by Crippen LogP contribution is -2.04. The number of aromatic nitrogens is 2. The second-order valence-corrected chi connectivity index (χ2v) is 5.69. The van der Waals surface area contributed by atoms with E-state index in [0.717, 1.165) is 22.4 Å². The normalized spacial score (nSPS) is 10.6. The summed E-state index contributed by atoms with van der Waals surface area (Å²) >= 11 is 0. The van der Waals surface area contributed by atoms with Gasteiger partial charge in [-0.2, -0.15) is 0 Å². The number of nitrogen functional groups attached to an aromatic ring is 1. The maximum absolute atomic E-state index is 14.4. The van der Waals surface area contributed by atoms with Crippen LogP contribution in [-0.4, -0.2) is 23.0 Å². The van der Waals surface area contributed by atoms with Crippen molar-refractivity contribution in [3.63, 3.8) is 0 Å². The van der Waals surface area contributed by atoms with Crippen molar-refractivity contribution in [2.24, 2.45) is 0 Å². The number of aryl methyl sites for hydroxylation is 1. The summed E-state index contributed by atoms with van der Waals surface area (Å²) in [5, 5.41) is 0. The van der Waals surface area contributed by atoms with Gasteiger partial charge < -0.3 is 10.5 Å². The van der Waals surface area contributed by atoms with Crippen molar-refractivity contribution in [2.45, 2.75) is 13.3 Å². The van der Waals surface area contributed by atoms with E-state index in [1.165, 1.54) is 19.2 Å². The molecule has 0 aliphatic heterocycles. The van der Waals surface area contributed by atoms with Crippen LogP contribution in [0.25, 0.3) is 22.3 Å². The summed E-state index contributed by atoms with van der Waals surface area (Å²) in [7, 11) is 1.22. The molecule has 2 aromatic heterocycles. The lowest BCUT2D eigenvalue weighted by molar-refractivity contribution is 0.0595. The molecular formula is C20H18FN3O2. The third-order valence-corrected chi connectivity index (χ3v) is 4.12. The van der Waals surface area contributed by atoms with Gasteiger partial charge >= 0.3 is 5.97 Å². The number of anilines is 1. The van der Waals surface area contributed by atoms with E-state index in [4.69, 9.17) is 5.73 Å². The maximum Gasteiger partial charge on any atom is 0.340 e. The first kappa shape index (κ1) is 17.5. The van der Waals surface area contributed by atoms with Gasteiger partial charge in [0.1, 0.15) is 11.6 Å². The van der Waals surface area contributed by atoms with Crippen LogP contribution in [-0.2, 0) is 11.2 Å². The van der Waals surface area contributed by atoms with Crippen molar-refractivity contribution < 1.29 is 13.9 Å². The minimum absolute atomic E-state index is 0.100. The Morgan fingerprint density at radius 1 is 1.15 bits per heavy atom. The van der Waals surface area contributed by atoms with Gasteiger partial charge in [0, 0.05) is 29.2 Å². The van der Waals surface area contributed by atoms with E-state index in [-0.39, 0.29) is 5.56 Å². The standard InChI is InChI=1S/C20H18FN3O2/c1-3-17-19(13-5-7-18(22)24-11-13)14(8-9-23-17)12-4-6-15(16(21)10-12)20(25)26-2/h4-11H,3H2,1-2H3,(H2,22,24). The number of nitrogens with two attached hydrogens (primary N) is 1. The number of methoxy groups -OCH3 is 1. The highest BCUT2D eigenvalue weighted by molar-refractivity contribution is 5.91. The number of benzene rings is 1. The molecule has 132 valence electrons. The van der Waals surface area contributed by atoms with Crippen molar-refractivity contribution >= 4 is 11.8 Å². The molecule has 0 spiro atoms. The number of hydrogen-bond donors (Lipinski definition) is 1. The van der Waals surface area contributed by atoms with E-state index in [1.807, 2.05) is 19.1 Å². The molecule has 0 aliphatic carbocycles. The van der Waals surface area contributed by atoms with E-state index in [1.54, 1.807) is 24.5 Å². The highest BCUT2D eigenvalue weighted by Gasteiger charge is 2.17. The molecule has 0 saturated heterocycles.